The van der Waals surface area contributed by atoms with Gasteiger partial charge >= 0.3 is 0 Å². The van der Waals surface area contributed by atoms with E-state index in [1.165, 1.54) is 0 Å². The van der Waals surface area contributed by atoms with Gasteiger partial charge in [-0.25, -0.2) is 15.0 Å². The van der Waals surface area contributed by atoms with E-state index in [0.717, 1.165) is 23.8 Å². The maximum atomic E-state index is 4.35. The van der Waals surface area contributed by atoms with Gasteiger partial charge in [0, 0.05) is 36.2 Å². The largest absolute Gasteiger partial charge is 0.308 e. The van der Waals surface area contributed by atoms with Gasteiger partial charge in [-0.2, -0.15) is 0 Å². The van der Waals surface area contributed by atoms with Crippen LogP contribution in [-0.2, 0) is 6.54 Å². The van der Waals surface area contributed by atoms with E-state index in [9.17, 15) is 0 Å². The maximum absolute atomic E-state index is 4.35. The van der Waals surface area contributed by atoms with Crippen LogP contribution in [0.3, 0.4) is 0 Å². The molecule has 0 amide bonds. The standard InChI is InChI=1S/C13H19N5/c1-10-15-5-6-18(10)12-11(7-14-9-16-12)8-17-13(2,3)4/h5-7,9,17H,8H2,1-4H3. The summed E-state index contributed by atoms with van der Waals surface area (Å²) in [5.74, 6) is 1.81. The van der Waals surface area contributed by atoms with Crippen molar-refractivity contribution in [2.75, 3.05) is 0 Å². The number of nitrogens with one attached hydrogen (secondary N) is 1. The number of aryl methyl sites for hydroxylation is 1. The Kier molecular flexibility index (Phi) is 3.43. The number of imidazole rings is 1. The van der Waals surface area contributed by atoms with Crippen molar-refractivity contribution < 1.29 is 0 Å². The quantitative estimate of drug-likeness (QED) is 0.896. The predicted molar refractivity (Wildman–Crippen MR) is 70.5 cm³/mol. The van der Waals surface area contributed by atoms with Crippen molar-refractivity contribution in [3.8, 4) is 5.82 Å². The molecule has 2 rings (SSSR count). The zero-order valence-electron chi connectivity index (χ0n) is 11.3. The van der Waals surface area contributed by atoms with Crippen LogP contribution in [0.1, 0.15) is 32.2 Å². The molecule has 1 N–H and O–H groups in total. The number of rotatable bonds is 3. The molecule has 0 saturated carbocycles. The van der Waals surface area contributed by atoms with Crippen molar-refractivity contribution in [3.05, 3.63) is 36.3 Å². The second kappa shape index (κ2) is 4.86. The Bertz CT molecular complexity index is 524. The van der Waals surface area contributed by atoms with Crippen molar-refractivity contribution in [3.63, 3.8) is 0 Å². The SMILES string of the molecule is Cc1nccn1-c1ncncc1CNC(C)(C)C. The van der Waals surface area contributed by atoms with E-state index in [1.807, 2.05) is 23.9 Å². The minimum Gasteiger partial charge on any atom is -0.308 e. The monoisotopic (exact) mass is 245 g/mol. The van der Waals surface area contributed by atoms with Crippen LogP contribution in [0, 0.1) is 6.92 Å². The van der Waals surface area contributed by atoms with Gasteiger partial charge in [-0.15, -0.1) is 0 Å². The summed E-state index contributed by atoms with van der Waals surface area (Å²) in [5, 5.41) is 3.45. The zero-order chi connectivity index (χ0) is 13.2. The van der Waals surface area contributed by atoms with E-state index in [2.05, 4.69) is 41.0 Å². The number of aromatic nitrogens is 4. The van der Waals surface area contributed by atoms with E-state index in [4.69, 9.17) is 0 Å². The maximum Gasteiger partial charge on any atom is 0.145 e. The van der Waals surface area contributed by atoms with Crippen LogP contribution in [0.4, 0.5) is 0 Å². The topological polar surface area (TPSA) is 55.6 Å². The van der Waals surface area contributed by atoms with Crippen molar-refractivity contribution >= 4 is 0 Å². The predicted octanol–water partition coefficient (Wildman–Crippen LogP) is 1.86. The van der Waals surface area contributed by atoms with Crippen LogP contribution in [0.15, 0.2) is 24.9 Å². The van der Waals surface area contributed by atoms with Gasteiger partial charge < -0.3 is 5.32 Å². The Morgan fingerprint density at radius 1 is 1.28 bits per heavy atom. The van der Waals surface area contributed by atoms with E-state index in [1.54, 1.807) is 12.5 Å². The van der Waals surface area contributed by atoms with Crippen molar-refractivity contribution in [2.24, 2.45) is 0 Å². The molecular weight excluding hydrogens is 226 g/mol. The number of hydrogen-bond acceptors (Lipinski definition) is 4. The molecule has 0 spiro atoms. The van der Waals surface area contributed by atoms with Gasteiger partial charge in [0.1, 0.15) is 18.0 Å². The molecule has 5 heteroatoms. The summed E-state index contributed by atoms with van der Waals surface area (Å²) in [4.78, 5) is 12.7. The van der Waals surface area contributed by atoms with Crippen LogP contribution in [0.5, 0.6) is 0 Å². The van der Waals surface area contributed by atoms with Crippen LogP contribution >= 0.6 is 0 Å². The highest BCUT2D eigenvalue weighted by molar-refractivity contribution is 5.32. The first-order valence-corrected chi connectivity index (χ1v) is 6.01. The molecule has 0 bridgehead atoms. The summed E-state index contributed by atoms with van der Waals surface area (Å²) in [7, 11) is 0. The Morgan fingerprint density at radius 3 is 2.67 bits per heavy atom. The second-order valence-corrected chi connectivity index (χ2v) is 5.32. The van der Waals surface area contributed by atoms with Gasteiger partial charge in [-0.05, 0) is 27.7 Å². The van der Waals surface area contributed by atoms with Gasteiger partial charge in [0.05, 0.1) is 0 Å². The molecule has 0 saturated heterocycles. The van der Waals surface area contributed by atoms with Crippen LogP contribution < -0.4 is 5.32 Å². The molecule has 2 aromatic heterocycles. The summed E-state index contributed by atoms with van der Waals surface area (Å²) < 4.78 is 1.97. The summed E-state index contributed by atoms with van der Waals surface area (Å²) in [6, 6.07) is 0. The van der Waals surface area contributed by atoms with Gasteiger partial charge in [-0.1, -0.05) is 0 Å². The molecule has 5 nitrogen and oxygen atoms in total. The first kappa shape index (κ1) is 12.7. The molecule has 2 heterocycles. The third-order valence-corrected chi connectivity index (χ3v) is 2.63. The summed E-state index contributed by atoms with van der Waals surface area (Å²) in [5.41, 5.74) is 1.13. The average Bonchev–Trinajstić information content (AvgIpc) is 2.72. The van der Waals surface area contributed by atoms with E-state index in [-0.39, 0.29) is 5.54 Å². The zero-order valence-corrected chi connectivity index (χ0v) is 11.3. The summed E-state index contributed by atoms with van der Waals surface area (Å²) in [6.07, 6.45) is 7.10. The molecular formula is C13H19N5. The van der Waals surface area contributed by atoms with Gasteiger partial charge in [0.15, 0.2) is 0 Å². The van der Waals surface area contributed by atoms with E-state index in [0.29, 0.717) is 0 Å². The van der Waals surface area contributed by atoms with Gasteiger partial charge in [0.25, 0.3) is 0 Å². The molecule has 0 unspecified atom stereocenters. The minimum absolute atomic E-state index is 0.0666. The third kappa shape index (κ3) is 2.92. The smallest absolute Gasteiger partial charge is 0.145 e. The molecule has 0 aromatic carbocycles. The Balaban J connectivity index is 2.29. The lowest BCUT2D eigenvalue weighted by molar-refractivity contribution is 0.423. The second-order valence-electron chi connectivity index (χ2n) is 5.32. The average molecular weight is 245 g/mol. The lowest BCUT2D eigenvalue weighted by atomic mass is 10.1. The molecule has 0 aliphatic carbocycles. The Labute approximate surface area is 107 Å². The summed E-state index contributed by atoms with van der Waals surface area (Å²) in [6.45, 7) is 9.11. The first-order chi connectivity index (χ1) is 8.47. The van der Waals surface area contributed by atoms with Crippen molar-refractivity contribution in [1.82, 2.24) is 24.8 Å². The normalized spacial score (nSPS) is 11.8. The fourth-order valence-electron chi connectivity index (χ4n) is 1.66. The lowest BCUT2D eigenvalue weighted by Gasteiger charge is -2.21. The first-order valence-electron chi connectivity index (χ1n) is 6.01. The van der Waals surface area contributed by atoms with Crippen molar-refractivity contribution in [1.29, 1.82) is 0 Å². The minimum atomic E-state index is 0.0666. The third-order valence-electron chi connectivity index (χ3n) is 2.63. The molecule has 18 heavy (non-hydrogen) atoms. The number of nitrogens with zero attached hydrogens (tertiary/aromatic N) is 4. The Hall–Kier alpha value is -1.75. The molecule has 0 aliphatic rings. The fourth-order valence-corrected chi connectivity index (χ4v) is 1.66. The molecule has 0 fully saturated rings. The lowest BCUT2D eigenvalue weighted by Crippen LogP contribution is -2.35. The highest BCUT2D eigenvalue weighted by atomic mass is 15.1. The van der Waals surface area contributed by atoms with E-state index >= 15 is 0 Å². The van der Waals surface area contributed by atoms with Gasteiger partial charge in [-0.3, -0.25) is 4.57 Å². The molecule has 0 atom stereocenters. The van der Waals surface area contributed by atoms with E-state index < -0.39 is 0 Å². The molecule has 0 radical (unpaired) electrons. The van der Waals surface area contributed by atoms with Crippen LogP contribution in [-0.4, -0.2) is 25.1 Å². The summed E-state index contributed by atoms with van der Waals surface area (Å²) >= 11 is 0. The molecule has 0 aliphatic heterocycles. The fraction of sp³-hybridized carbons (Fsp3) is 0.462. The molecule has 96 valence electrons. The Morgan fingerprint density at radius 2 is 2.06 bits per heavy atom. The highest BCUT2D eigenvalue weighted by Crippen LogP contribution is 2.13. The highest BCUT2D eigenvalue weighted by Gasteiger charge is 2.12. The van der Waals surface area contributed by atoms with Crippen LogP contribution in [0.25, 0.3) is 5.82 Å². The molecule has 2 aromatic rings. The van der Waals surface area contributed by atoms with Crippen LogP contribution in [0.2, 0.25) is 0 Å². The van der Waals surface area contributed by atoms with Gasteiger partial charge in [0.2, 0.25) is 0 Å². The van der Waals surface area contributed by atoms with Crippen molar-refractivity contribution in [2.45, 2.75) is 39.8 Å². The number of hydrogen-bond donors (Lipinski definition) is 1.